The Labute approximate surface area is 187 Å². The SMILES string of the molecule is CCOc1cccc(-c2ccc(C[C@@H](c3ccc(OC)cc3)c3csc(N)[nH+]3)cc2)c1. The highest BCUT2D eigenvalue weighted by Crippen LogP contribution is 2.31. The highest BCUT2D eigenvalue weighted by Gasteiger charge is 2.20. The first-order chi connectivity index (χ1) is 15.2. The Bertz CT molecular complexity index is 1120. The van der Waals surface area contributed by atoms with E-state index in [2.05, 4.69) is 58.9 Å². The minimum atomic E-state index is 0.187. The van der Waals surface area contributed by atoms with Crippen molar-refractivity contribution in [2.75, 3.05) is 19.5 Å². The third-order valence-corrected chi connectivity index (χ3v) is 6.07. The first-order valence-corrected chi connectivity index (χ1v) is 11.3. The minimum Gasteiger partial charge on any atom is -0.497 e. The number of hydrogen-bond acceptors (Lipinski definition) is 4. The van der Waals surface area contributed by atoms with Crippen molar-refractivity contribution >= 4 is 16.5 Å². The molecule has 1 heterocycles. The van der Waals surface area contributed by atoms with E-state index in [0.717, 1.165) is 34.3 Å². The van der Waals surface area contributed by atoms with Gasteiger partial charge in [-0.25, -0.2) is 4.98 Å². The number of benzene rings is 3. The Balaban J connectivity index is 1.59. The van der Waals surface area contributed by atoms with Gasteiger partial charge in [-0.2, -0.15) is 0 Å². The van der Waals surface area contributed by atoms with E-state index in [1.807, 2.05) is 31.2 Å². The average molecular weight is 432 g/mol. The summed E-state index contributed by atoms with van der Waals surface area (Å²) in [6.45, 7) is 2.67. The van der Waals surface area contributed by atoms with Crippen molar-refractivity contribution in [1.82, 2.24) is 0 Å². The fraction of sp³-hybridized carbons (Fsp3) is 0.192. The summed E-state index contributed by atoms with van der Waals surface area (Å²) in [7, 11) is 1.69. The van der Waals surface area contributed by atoms with E-state index in [1.54, 1.807) is 7.11 Å². The van der Waals surface area contributed by atoms with Crippen LogP contribution in [0.4, 0.5) is 5.13 Å². The fourth-order valence-corrected chi connectivity index (χ4v) is 4.40. The van der Waals surface area contributed by atoms with E-state index < -0.39 is 0 Å². The number of nitrogens with two attached hydrogens (primary N) is 1. The molecule has 0 radical (unpaired) electrons. The van der Waals surface area contributed by atoms with Crippen LogP contribution < -0.4 is 20.2 Å². The van der Waals surface area contributed by atoms with Gasteiger partial charge in [0.25, 0.3) is 0 Å². The van der Waals surface area contributed by atoms with Crippen LogP contribution in [0.5, 0.6) is 11.5 Å². The molecule has 3 N–H and O–H groups in total. The Morgan fingerprint density at radius 3 is 2.35 bits per heavy atom. The summed E-state index contributed by atoms with van der Waals surface area (Å²) < 4.78 is 11.0. The first kappa shape index (κ1) is 20.9. The van der Waals surface area contributed by atoms with Gasteiger partial charge in [-0.05, 0) is 59.9 Å². The summed E-state index contributed by atoms with van der Waals surface area (Å²) in [5.41, 5.74) is 11.9. The lowest BCUT2D eigenvalue weighted by Crippen LogP contribution is -2.17. The summed E-state index contributed by atoms with van der Waals surface area (Å²) in [6, 6.07) is 25.2. The molecule has 5 heteroatoms. The van der Waals surface area contributed by atoms with E-state index >= 15 is 0 Å². The molecule has 1 aromatic heterocycles. The van der Waals surface area contributed by atoms with Gasteiger partial charge >= 0.3 is 5.13 Å². The van der Waals surface area contributed by atoms with Gasteiger partial charge in [0.05, 0.1) is 19.6 Å². The Morgan fingerprint density at radius 2 is 1.71 bits per heavy atom. The second-order valence-electron chi connectivity index (χ2n) is 7.37. The number of methoxy groups -OCH3 is 1. The molecule has 31 heavy (non-hydrogen) atoms. The van der Waals surface area contributed by atoms with Crippen LogP contribution in [-0.2, 0) is 6.42 Å². The van der Waals surface area contributed by atoms with Crippen molar-refractivity contribution in [2.45, 2.75) is 19.3 Å². The largest absolute Gasteiger partial charge is 0.497 e. The van der Waals surface area contributed by atoms with Crippen LogP contribution >= 0.6 is 11.3 Å². The number of nitrogen functional groups attached to an aromatic ring is 1. The molecule has 1 atom stereocenters. The Hall–Kier alpha value is -3.31. The summed E-state index contributed by atoms with van der Waals surface area (Å²) >= 11 is 1.54. The maximum Gasteiger partial charge on any atom is 0.329 e. The lowest BCUT2D eigenvalue weighted by molar-refractivity contribution is -0.368. The van der Waals surface area contributed by atoms with Crippen LogP contribution in [-0.4, -0.2) is 13.7 Å². The van der Waals surface area contributed by atoms with Crippen molar-refractivity contribution in [1.29, 1.82) is 0 Å². The average Bonchev–Trinajstić information content (AvgIpc) is 3.24. The van der Waals surface area contributed by atoms with Crippen molar-refractivity contribution in [3.05, 3.63) is 95.0 Å². The number of nitrogens with one attached hydrogen (secondary N) is 1. The Morgan fingerprint density at radius 1 is 0.935 bits per heavy atom. The lowest BCUT2D eigenvalue weighted by atomic mass is 9.89. The number of anilines is 1. The molecule has 4 nitrogen and oxygen atoms in total. The number of thiazole rings is 1. The van der Waals surface area contributed by atoms with Gasteiger partial charge in [0, 0.05) is 5.38 Å². The Kier molecular flexibility index (Phi) is 6.53. The summed E-state index contributed by atoms with van der Waals surface area (Å²) in [5.74, 6) is 1.94. The predicted octanol–water partition coefficient (Wildman–Crippen LogP) is 5.59. The van der Waals surface area contributed by atoms with Crippen LogP contribution in [0.1, 0.15) is 29.7 Å². The molecule has 0 saturated heterocycles. The fourth-order valence-electron chi connectivity index (χ4n) is 3.74. The molecule has 158 valence electrons. The zero-order valence-corrected chi connectivity index (χ0v) is 18.6. The monoisotopic (exact) mass is 431 g/mol. The zero-order valence-electron chi connectivity index (χ0n) is 17.8. The van der Waals surface area contributed by atoms with Crippen molar-refractivity contribution in [2.24, 2.45) is 0 Å². The standard InChI is InChI=1S/C26H26N2O2S/c1-3-30-23-6-4-5-21(16-23)19-9-7-18(8-10-19)15-24(25-17-31-26(27)28-25)20-11-13-22(29-2)14-12-20/h4-14,16-17,24H,3,15H2,1-2H3,(H2,27,28)/p+1/t24-/m0/s1. The van der Waals surface area contributed by atoms with E-state index in [9.17, 15) is 0 Å². The summed E-state index contributed by atoms with van der Waals surface area (Å²) in [5, 5.41) is 2.83. The number of aromatic nitrogens is 1. The summed E-state index contributed by atoms with van der Waals surface area (Å²) in [4.78, 5) is 3.33. The molecule has 0 spiro atoms. The maximum atomic E-state index is 5.98. The van der Waals surface area contributed by atoms with E-state index in [-0.39, 0.29) is 5.92 Å². The normalized spacial score (nSPS) is 11.8. The highest BCUT2D eigenvalue weighted by molar-refractivity contribution is 7.13. The van der Waals surface area contributed by atoms with Crippen molar-refractivity contribution in [3.8, 4) is 22.6 Å². The second-order valence-corrected chi connectivity index (χ2v) is 8.28. The van der Waals surface area contributed by atoms with Gasteiger partial charge < -0.3 is 9.47 Å². The molecule has 3 aromatic carbocycles. The minimum absolute atomic E-state index is 0.187. The molecule has 0 fully saturated rings. The molecule has 4 aromatic rings. The van der Waals surface area contributed by atoms with E-state index in [0.29, 0.717) is 6.61 Å². The number of rotatable bonds is 8. The molecular weight excluding hydrogens is 404 g/mol. The molecule has 0 unspecified atom stereocenters. The quantitative estimate of drug-likeness (QED) is 0.395. The van der Waals surface area contributed by atoms with Gasteiger partial charge in [0.15, 0.2) is 0 Å². The third kappa shape index (κ3) is 5.06. The van der Waals surface area contributed by atoms with E-state index in [4.69, 9.17) is 15.2 Å². The van der Waals surface area contributed by atoms with Gasteiger partial charge in [-0.1, -0.05) is 59.9 Å². The number of hydrogen-bond donors (Lipinski definition) is 1. The van der Waals surface area contributed by atoms with Crippen LogP contribution in [0.25, 0.3) is 11.1 Å². The lowest BCUT2D eigenvalue weighted by Gasteiger charge is -2.15. The predicted molar refractivity (Wildman–Crippen MR) is 127 cm³/mol. The number of H-pyrrole nitrogens is 1. The van der Waals surface area contributed by atoms with Crippen molar-refractivity contribution in [3.63, 3.8) is 0 Å². The summed E-state index contributed by atoms with van der Waals surface area (Å²) in [6.07, 6.45) is 0.873. The molecule has 0 bridgehead atoms. The zero-order chi connectivity index (χ0) is 21.6. The maximum absolute atomic E-state index is 5.98. The van der Waals surface area contributed by atoms with Gasteiger partial charge in [0.1, 0.15) is 17.2 Å². The third-order valence-electron chi connectivity index (χ3n) is 5.35. The smallest absolute Gasteiger partial charge is 0.329 e. The topological polar surface area (TPSA) is 58.6 Å². The van der Waals surface area contributed by atoms with Crippen LogP contribution in [0.15, 0.2) is 78.2 Å². The molecule has 0 amide bonds. The van der Waals surface area contributed by atoms with Crippen molar-refractivity contribution < 1.29 is 14.5 Å². The van der Waals surface area contributed by atoms with Crippen LogP contribution in [0.3, 0.4) is 0 Å². The van der Waals surface area contributed by atoms with Gasteiger partial charge in [0.2, 0.25) is 0 Å². The number of aromatic amines is 1. The van der Waals surface area contributed by atoms with E-state index in [1.165, 1.54) is 28.0 Å². The molecule has 4 rings (SSSR count). The van der Waals surface area contributed by atoms with Gasteiger partial charge in [-0.15, -0.1) is 0 Å². The molecule has 0 aliphatic heterocycles. The molecule has 0 aliphatic rings. The van der Waals surface area contributed by atoms with Crippen LogP contribution in [0, 0.1) is 0 Å². The van der Waals surface area contributed by atoms with Gasteiger partial charge in [-0.3, -0.25) is 5.73 Å². The molecule has 0 saturated carbocycles. The first-order valence-electron chi connectivity index (χ1n) is 10.4. The molecule has 0 aliphatic carbocycles. The van der Waals surface area contributed by atoms with Crippen LogP contribution in [0.2, 0.25) is 0 Å². The molecular formula is C26H27N2O2S+. The highest BCUT2D eigenvalue weighted by atomic mass is 32.1. The second kappa shape index (κ2) is 9.67. The number of ether oxygens (including phenoxy) is 2.